The second-order valence-electron chi connectivity index (χ2n) is 7.78. The van der Waals surface area contributed by atoms with Gasteiger partial charge in [0, 0.05) is 44.1 Å². The van der Waals surface area contributed by atoms with E-state index in [0.717, 1.165) is 37.2 Å². The van der Waals surface area contributed by atoms with E-state index in [1.165, 1.54) is 35.5 Å². The number of piperazine rings is 1. The third-order valence-electron chi connectivity index (χ3n) is 5.75. The van der Waals surface area contributed by atoms with Crippen molar-refractivity contribution < 1.29 is 14.7 Å². The molecule has 2 amide bonds. The number of hydrogen-bond donors (Lipinski definition) is 1. The summed E-state index contributed by atoms with van der Waals surface area (Å²) in [4.78, 5) is 33.0. The fourth-order valence-electron chi connectivity index (χ4n) is 4.09. The van der Waals surface area contributed by atoms with Gasteiger partial charge in [-0.1, -0.05) is 45.1 Å². The molecule has 0 saturated carbocycles. The predicted octanol–water partition coefficient (Wildman–Crippen LogP) is 2.80. The minimum atomic E-state index is -0.140. The maximum Gasteiger partial charge on any atom is 0.277 e. The first-order chi connectivity index (χ1) is 14.2. The zero-order valence-corrected chi connectivity index (χ0v) is 18.3. The lowest BCUT2D eigenvalue weighted by Gasteiger charge is -2.36. The van der Waals surface area contributed by atoms with Gasteiger partial charge < -0.3 is 10.0 Å². The summed E-state index contributed by atoms with van der Waals surface area (Å²) in [5.41, 5.74) is 1.15. The van der Waals surface area contributed by atoms with Gasteiger partial charge in [-0.25, -0.2) is 0 Å². The summed E-state index contributed by atoms with van der Waals surface area (Å²) in [6.07, 6.45) is 6.77. The van der Waals surface area contributed by atoms with Crippen molar-refractivity contribution in [3.8, 4) is 0 Å². The molecule has 1 saturated heterocycles. The van der Waals surface area contributed by atoms with Crippen LogP contribution in [0.5, 0.6) is 0 Å². The van der Waals surface area contributed by atoms with Gasteiger partial charge in [0.15, 0.2) is 0 Å². The number of aliphatic hydroxyl groups excluding tert-OH is 1. The van der Waals surface area contributed by atoms with E-state index in [4.69, 9.17) is 5.11 Å². The first-order valence-corrected chi connectivity index (χ1v) is 11.8. The van der Waals surface area contributed by atoms with E-state index in [1.54, 1.807) is 0 Å². The van der Waals surface area contributed by atoms with Crippen LogP contribution in [0, 0.1) is 0 Å². The second kappa shape index (κ2) is 10.9. The Morgan fingerprint density at radius 1 is 0.966 bits per heavy atom. The number of nitrogens with zero attached hydrogens (tertiary/aromatic N) is 3. The Kier molecular flexibility index (Phi) is 8.27. The first kappa shape index (κ1) is 22.0. The van der Waals surface area contributed by atoms with Crippen LogP contribution in [0.25, 0.3) is 5.57 Å². The molecule has 3 rings (SSSR count). The Bertz CT molecular complexity index is 709. The van der Waals surface area contributed by atoms with Gasteiger partial charge in [-0.2, -0.15) is 0 Å². The van der Waals surface area contributed by atoms with Gasteiger partial charge in [0.25, 0.3) is 11.8 Å². The molecular weight excluding hydrogens is 386 g/mol. The van der Waals surface area contributed by atoms with Crippen LogP contribution < -0.4 is 0 Å². The number of amides is 2. The summed E-state index contributed by atoms with van der Waals surface area (Å²) >= 11 is 1.51. The molecule has 0 atom stereocenters. The van der Waals surface area contributed by atoms with Crippen LogP contribution in [0.4, 0.5) is 0 Å². The minimum absolute atomic E-state index is 0.137. The lowest BCUT2D eigenvalue weighted by molar-refractivity contribution is -0.137. The fourth-order valence-corrected chi connectivity index (χ4v) is 4.85. The second-order valence-corrected chi connectivity index (χ2v) is 8.73. The van der Waals surface area contributed by atoms with Gasteiger partial charge >= 0.3 is 0 Å². The lowest BCUT2D eigenvalue weighted by Crippen LogP contribution is -2.48. The molecule has 0 aromatic carbocycles. The molecule has 0 bridgehead atoms. The number of rotatable bonds is 11. The van der Waals surface area contributed by atoms with Gasteiger partial charge in [-0.3, -0.25) is 19.4 Å². The molecule has 1 aromatic heterocycles. The van der Waals surface area contributed by atoms with Crippen LogP contribution in [-0.2, 0) is 9.59 Å². The molecule has 1 fully saturated rings. The molecule has 0 radical (unpaired) electrons. The summed E-state index contributed by atoms with van der Waals surface area (Å²) in [5, 5.41) is 11.1. The van der Waals surface area contributed by atoms with Gasteiger partial charge in [-0.15, -0.1) is 11.3 Å². The summed E-state index contributed by atoms with van der Waals surface area (Å²) in [7, 11) is 0. The number of unbranched alkanes of at least 4 members (excludes halogenated alkanes) is 5. The Balaban J connectivity index is 1.69. The van der Waals surface area contributed by atoms with Crippen LogP contribution in [0.1, 0.15) is 50.3 Å². The van der Waals surface area contributed by atoms with E-state index in [1.807, 2.05) is 17.5 Å². The largest absolute Gasteiger partial charge is 0.395 e. The average Bonchev–Trinajstić information content (AvgIpc) is 3.33. The molecule has 29 heavy (non-hydrogen) atoms. The molecule has 1 N–H and O–H groups in total. The number of thiophene rings is 1. The molecule has 2 aliphatic heterocycles. The van der Waals surface area contributed by atoms with Crippen LogP contribution in [0.2, 0.25) is 0 Å². The number of β-amino-alcohol motifs (C(OH)–C–C–N with tert-alkyl or cyclic N) is 1. The van der Waals surface area contributed by atoms with E-state index in [0.29, 0.717) is 37.4 Å². The summed E-state index contributed by atoms with van der Waals surface area (Å²) < 4.78 is 0. The number of hydrogen-bond acceptors (Lipinski definition) is 6. The standard InChI is InChI=1S/C22H33N3O3S/c1-2-3-4-5-6-7-10-25-21(27)19(18-9-8-17-29-18)20(22(25)28)24-13-11-23(12-14-24)15-16-26/h8-9,17,26H,2-7,10-16H2,1H3. The highest BCUT2D eigenvalue weighted by Gasteiger charge is 2.42. The molecule has 1 aromatic rings. The predicted molar refractivity (Wildman–Crippen MR) is 116 cm³/mol. The molecule has 0 aliphatic carbocycles. The van der Waals surface area contributed by atoms with Crippen molar-refractivity contribution in [1.29, 1.82) is 0 Å². The average molecular weight is 420 g/mol. The quantitative estimate of drug-likeness (QED) is 0.441. The highest BCUT2D eigenvalue weighted by atomic mass is 32.1. The molecule has 3 heterocycles. The number of carbonyl (C=O) groups is 2. The number of imide groups is 1. The Morgan fingerprint density at radius 2 is 1.69 bits per heavy atom. The van der Waals surface area contributed by atoms with E-state index < -0.39 is 0 Å². The van der Waals surface area contributed by atoms with Gasteiger partial charge in [-0.05, 0) is 17.9 Å². The fraction of sp³-hybridized carbons (Fsp3) is 0.636. The molecule has 160 valence electrons. The zero-order chi connectivity index (χ0) is 20.6. The van der Waals surface area contributed by atoms with Gasteiger partial charge in [0.05, 0.1) is 12.2 Å². The monoisotopic (exact) mass is 419 g/mol. The first-order valence-electron chi connectivity index (χ1n) is 10.9. The zero-order valence-electron chi connectivity index (χ0n) is 17.4. The third kappa shape index (κ3) is 5.27. The van der Waals surface area contributed by atoms with Crippen molar-refractivity contribution in [3.63, 3.8) is 0 Å². The molecule has 2 aliphatic rings. The lowest BCUT2D eigenvalue weighted by atomic mass is 10.1. The minimum Gasteiger partial charge on any atom is -0.395 e. The van der Waals surface area contributed by atoms with Crippen molar-refractivity contribution in [3.05, 3.63) is 28.1 Å². The van der Waals surface area contributed by atoms with Gasteiger partial charge in [0.1, 0.15) is 5.70 Å². The maximum atomic E-state index is 13.3. The molecule has 7 heteroatoms. The SMILES string of the molecule is CCCCCCCCN1C(=O)C(c2cccs2)=C(N2CCN(CCO)CC2)C1=O. The highest BCUT2D eigenvalue weighted by molar-refractivity contribution is 7.11. The van der Waals surface area contributed by atoms with E-state index in [-0.39, 0.29) is 18.4 Å². The summed E-state index contributed by atoms with van der Waals surface area (Å²) in [6.45, 7) is 6.50. The Hall–Kier alpha value is -1.70. The van der Waals surface area contributed by atoms with Gasteiger partial charge in [0.2, 0.25) is 0 Å². The summed E-state index contributed by atoms with van der Waals surface area (Å²) in [6, 6.07) is 3.86. The molecule has 6 nitrogen and oxygen atoms in total. The van der Waals surface area contributed by atoms with Crippen LogP contribution in [-0.4, -0.2) is 77.5 Å². The number of aliphatic hydroxyl groups is 1. The molecule has 0 unspecified atom stereocenters. The Morgan fingerprint density at radius 3 is 2.34 bits per heavy atom. The third-order valence-corrected chi connectivity index (χ3v) is 6.64. The van der Waals surface area contributed by atoms with Crippen molar-refractivity contribution in [1.82, 2.24) is 14.7 Å². The number of carbonyl (C=O) groups excluding carboxylic acids is 2. The van der Waals surface area contributed by atoms with E-state index in [2.05, 4.69) is 16.7 Å². The highest BCUT2D eigenvalue weighted by Crippen LogP contribution is 2.34. The smallest absolute Gasteiger partial charge is 0.277 e. The van der Waals surface area contributed by atoms with E-state index in [9.17, 15) is 9.59 Å². The van der Waals surface area contributed by atoms with Crippen LogP contribution in [0.15, 0.2) is 23.2 Å². The molecular formula is C22H33N3O3S. The van der Waals surface area contributed by atoms with Crippen LogP contribution in [0.3, 0.4) is 0 Å². The maximum absolute atomic E-state index is 13.3. The summed E-state index contributed by atoms with van der Waals surface area (Å²) in [5.74, 6) is -0.277. The van der Waals surface area contributed by atoms with Crippen molar-refractivity contribution in [2.24, 2.45) is 0 Å². The Labute approximate surface area is 177 Å². The van der Waals surface area contributed by atoms with Crippen molar-refractivity contribution in [2.75, 3.05) is 45.9 Å². The topological polar surface area (TPSA) is 64.1 Å². The van der Waals surface area contributed by atoms with Crippen LogP contribution >= 0.6 is 11.3 Å². The van der Waals surface area contributed by atoms with Crippen molar-refractivity contribution in [2.45, 2.75) is 45.4 Å². The van der Waals surface area contributed by atoms with E-state index >= 15 is 0 Å². The normalized spacial score (nSPS) is 18.4. The van der Waals surface area contributed by atoms with Crippen molar-refractivity contribution >= 4 is 28.7 Å². The molecule has 0 spiro atoms.